The molecular weight excluding hydrogens is 286 g/mol. The Morgan fingerprint density at radius 1 is 1.48 bits per heavy atom. The van der Waals surface area contributed by atoms with Crippen molar-refractivity contribution in [2.45, 2.75) is 31.2 Å². The van der Waals surface area contributed by atoms with Gasteiger partial charge in [-0.15, -0.1) is 11.3 Å². The van der Waals surface area contributed by atoms with Crippen molar-refractivity contribution in [3.8, 4) is 0 Å². The second-order valence-corrected chi connectivity index (χ2v) is 7.07. The quantitative estimate of drug-likeness (QED) is 0.906. The zero-order chi connectivity index (χ0) is 14.2. The van der Waals surface area contributed by atoms with E-state index >= 15 is 0 Å². The fraction of sp³-hybridized carbons (Fsp3) is 0.667. The Hall–Kier alpha value is -0.950. The fourth-order valence-corrected chi connectivity index (χ4v) is 4.47. The molecule has 0 bridgehead atoms. The number of rotatable bonds is 3. The molecule has 3 aliphatic heterocycles. The molecule has 1 aromatic rings. The van der Waals surface area contributed by atoms with Gasteiger partial charge >= 0.3 is 0 Å². The molecule has 1 N–H and O–H groups in total. The largest absolute Gasteiger partial charge is 0.373 e. The van der Waals surface area contributed by atoms with Crippen LogP contribution in [-0.2, 0) is 9.53 Å². The summed E-state index contributed by atoms with van der Waals surface area (Å²) in [6.07, 6.45) is 2.71. The molecule has 1 aromatic heterocycles. The summed E-state index contributed by atoms with van der Waals surface area (Å²) < 4.78 is 6.01. The number of carbonyl (C=O) groups excluding carboxylic acids is 1. The molecule has 0 spiro atoms. The van der Waals surface area contributed by atoms with E-state index in [1.807, 2.05) is 11.0 Å². The molecule has 6 heteroatoms. The van der Waals surface area contributed by atoms with Crippen LogP contribution in [0.15, 0.2) is 17.5 Å². The zero-order valence-corrected chi connectivity index (χ0v) is 12.8. The van der Waals surface area contributed by atoms with Crippen LogP contribution in [0.4, 0.5) is 0 Å². The van der Waals surface area contributed by atoms with Gasteiger partial charge in [-0.1, -0.05) is 6.07 Å². The van der Waals surface area contributed by atoms with Crippen molar-refractivity contribution >= 4 is 17.2 Å². The number of carbonyl (C=O) groups is 1. The number of nitrogens with zero attached hydrogens (tertiary/aromatic N) is 2. The molecule has 0 radical (unpaired) electrons. The zero-order valence-electron chi connectivity index (χ0n) is 12.0. The second-order valence-electron chi connectivity index (χ2n) is 6.09. The van der Waals surface area contributed by atoms with Gasteiger partial charge in [-0.2, -0.15) is 0 Å². The molecule has 1 amide bonds. The molecule has 4 heterocycles. The Balaban J connectivity index is 1.44. The minimum absolute atomic E-state index is 0.0254. The molecule has 3 aliphatic rings. The van der Waals surface area contributed by atoms with Gasteiger partial charge in [0.15, 0.2) is 0 Å². The number of morpholine rings is 1. The number of thiophene rings is 1. The molecule has 3 atom stereocenters. The first-order valence-corrected chi connectivity index (χ1v) is 8.61. The summed E-state index contributed by atoms with van der Waals surface area (Å²) in [7, 11) is 0. The van der Waals surface area contributed by atoms with Crippen LogP contribution in [0, 0.1) is 0 Å². The fourth-order valence-electron chi connectivity index (χ4n) is 3.66. The molecule has 21 heavy (non-hydrogen) atoms. The van der Waals surface area contributed by atoms with Crippen molar-refractivity contribution in [1.29, 1.82) is 0 Å². The molecular formula is C15H21N3O2S. The number of ether oxygens (including phenoxy) is 1. The second kappa shape index (κ2) is 5.68. The Labute approximate surface area is 128 Å². The summed E-state index contributed by atoms with van der Waals surface area (Å²) >= 11 is 1.70. The van der Waals surface area contributed by atoms with Gasteiger partial charge in [0, 0.05) is 17.5 Å². The molecule has 3 saturated heterocycles. The van der Waals surface area contributed by atoms with Gasteiger partial charge in [-0.3, -0.25) is 15.0 Å². The summed E-state index contributed by atoms with van der Waals surface area (Å²) in [6, 6.07) is 4.74. The van der Waals surface area contributed by atoms with E-state index in [9.17, 15) is 4.79 Å². The number of nitrogens with one attached hydrogen (secondary N) is 1. The van der Waals surface area contributed by atoms with Gasteiger partial charge < -0.3 is 9.64 Å². The van der Waals surface area contributed by atoms with E-state index in [1.54, 1.807) is 11.3 Å². The highest BCUT2D eigenvalue weighted by molar-refractivity contribution is 7.10. The highest BCUT2D eigenvalue weighted by atomic mass is 32.1. The van der Waals surface area contributed by atoms with Crippen LogP contribution >= 0.6 is 11.3 Å². The van der Waals surface area contributed by atoms with Crippen LogP contribution in [0.25, 0.3) is 0 Å². The van der Waals surface area contributed by atoms with E-state index in [1.165, 1.54) is 24.3 Å². The summed E-state index contributed by atoms with van der Waals surface area (Å²) in [5.41, 5.74) is 0. The van der Waals surface area contributed by atoms with Gasteiger partial charge in [0.25, 0.3) is 0 Å². The molecule has 0 aliphatic carbocycles. The van der Waals surface area contributed by atoms with Crippen molar-refractivity contribution in [2.24, 2.45) is 0 Å². The topological polar surface area (TPSA) is 44.8 Å². The summed E-state index contributed by atoms with van der Waals surface area (Å²) in [5, 5.41) is 5.37. The number of hydrogen-bond donors (Lipinski definition) is 1. The Morgan fingerprint density at radius 3 is 3.29 bits per heavy atom. The van der Waals surface area contributed by atoms with Gasteiger partial charge in [0.1, 0.15) is 6.17 Å². The van der Waals surface area contributed by atoms with E-state index in [-0.39, 0.29) is 18.2 Å². The van der Waals surface area contributed by atoms with Crippen molar-refractivity contribution < 1.29 is 9.53 Å². The SMILES string of the molecule is O=C1CNC(c2cccs2)N1CC1CN2CCCC2CO1. The molecule has 0 aromatic carbocycles. The van der Waals surface area contributed by atoms with Crippen LogP contribution in [-0.4, -0.2) is 60.6 Å². The smallest absolute Gasteiger partial charge is 0.238 e. The van der Waals surface area contributed by atoms with Crippen LogP contribution in [0.2, 0.25) is 0 Å². The standard InChI is InChI=1S/C15H21N3O2S/c19-14-7-16-15(13-4-2-6-21-13)18(14)9-12-8-17-5-1-3-11(17)10-20-12/h2,4,6,11-12,15-16H,1,3,5,7-10H2. The molecule has 3 fully saturated rings. The molecule has 5 nitrogen and oxygen atoms in total. The number of amides is 1. The van der Waals surface area contributed by atoms with Crippen molar-refractivity contribution in [3.05, 3.63) is 22.4 Å². The van der Waals surface area contributed by atoms with E-state index in [0.29, 0.717) is 19.1 Å². The minimum Gasteiger partial charge on any atom is -0.373 e. The van der Waals surface area contributed by atoms with E-state index < -0.39 is 0 Å². The van der Waals surface area contributed by atoms with Crippen LogP contribution < -0.4 is 5.32 Å². The van der Waals surface area contributed by atoms with Crippen LogP contribution in [0.1, 0.15) is 23.9 Å². The van der Waals surface area contributed by atoms with E-state index in [2.05, 4.69) is 21.7 Å². The first-order chi connectivity index (χ1) is 10.3. The lowest BCUT2D eigenvalue weighted by Gasteiger charge is -2.37. The minimum atomic E-state index is 0.0254. The third-order valence-electron chi connectivity index (χ3n) is 4.75. The lowest BCUT2D eigenvalue weighted by molar-refractivity contribution is -0.132. The Bertz CT molecular complexity index is 507. The highest BCUT2D eigenvalue weighted by Crippen LogP contribution is 2.28. The summed E-state index contributed by atoms with van der Waals surface area (Å²) in [4.78, 5) is 17.9. The first kappa shape index (κ1) is 13.7. The third-order valence-corrected chi connectivity index (χ3v) is 5.68. The molecule has 114 valence electrons. The van der Waals surface area contributed by atoms with Gasteiger partial charge in [-0.05, 0) is 30.8 Å². The maximum atomic E-state index is 12.2. The number of fused-ring (bicyclic) bond motifs is 1. The molecule has 0 saturated carbocycles. The van der Waals surface area contributed by atoms with Crippen LogP contribution in [0.5, 0.6) is 0 Å². The molecule has 4 rings (SSSR count). The molecule has 3 unspecified atom stereocenters. The average Bonchev–Trinajstić information content (AvgIpc) is 3.20. The Morgan fingerprint density at radius 2 is 2.43 bits per heavy atom. The van der Waals surface area contributed by atoms with Crippen LogP contribution in [0.3, 0.4) is 0 Å². The van der Waals surface area contributed by atoms with E-state index in [0.717, 1.165) is 13.2 Å². The predicted octanol–water partition coefficient (Wildman–Crippen LogP) is 1.04. The third kappa shape index (κ3) is 2.61. The highest BCUT2D eigenvalue weighted by Gasteiger charge is 2.37. The number of hydrogen-bond acceptors (Lipinski definition) is 5. The average molecular weight is 307 g/mol. The van der Waals surface area contributed by atoms with Gasteiger partial charge in [-0.25, -0.2) is 0 Å². The maximum Gasteiger partial charge on any atom is 0.238 e. The maximum absolute atomic E-state index is 12.2. The summed E-state index contributed by atoms with van der Waals surface area (Å²) in [6.45, 7) is 4.10. The van der Waals surface area contributed by atoms with Crippen molar-refractivity contribution in [1.82, 2.24) is 15.1 Å². The normalized spacial score (nSPS) is 33.6. The van der Waals surface area contributed by atoms with Gasteiger partial charge in [0.2, 0.25) is 5.91 Å². The van der Waals surface area contributed by atoms with Crippen molar-refractivity contribution in [3.63, 3.8) is 0 Å². The first-order valence-electron chi connectivity index (χ1n) is 7.73. The lowest BCUT2D eigenvalue weighted by atomic mass is 10.2. The van der Waals surface area contributed by atoms with Gasteiger partial charge in [0.05, 0.1) is 25.8 Å². The monoisotopic (exact) mass is 307 g/mol. The van der Waals surface area contributed by atoms with E-state index in [4.69, 9.17) is 4.74 Å². The Kier molecular flexibility index (Phi) is 3.71. The lowest BCUT2D eigenvalue weighted by Crippen LogP contribution is -2.50. The summed E-state index contributed by atoms with van der Waals surface area (Å²) in [5.74, 6) is 0.181. The van der Waals surface area contributed by atoms with Crippen molar-refractivity contribution in [2.75, 3.05) is 32.8 Å². The predicted molar refractivity (Wildman–Crippen MR) is 81.1 cm³/mol.